The minimum atomic E-state index is -3.01. The van der Waals surface area contributed by atoms with Crippen molar-refractivity contribution >= 4 is 21.4 Å². The van der Waals surface area contributed by atoms with E-state index in [0.717, 1.165) is 11.3 Å². The molecule has 1 unspecified atom stereocenters. The number of nitrogens with one attached hydrogen (secondary N) is 2. The Morgan fingerprint density at radius 1 is 1.43 bits per heavy atom. The van der Waals surface area contributed by atoms with Crippen LogP contribution in [0, 0.1) is 0 Å². The van der Waals surface area contributed by atoms with Gasteiger partial charge in [0.15, 0.2) is 9.84 Å². The zero-order chi connectivity index (χ0) is 15.5. The Balaban J connectivity index is 1.94. The summed E-state index contributed by atoms with van der Waals surface area (Å²) in [6.07, 6.45) is 0.172. The van der Waals surface area contributed by atoms with E-state index in [1.807, 2.05) is 24.3 Å². The van der Waals surface area contributed by atoms with Gasteiger partial charge in [-0.05, 0) is 23.6 Å². The van der Waals surface area contributed by atoms with E-state index in [4.69, 9.17) is 0 Å². The lowest BCUT2D eigenvalue weighted by molar-refractivity contribution is -0.116. The maximum atomic E-state index is 12.0. The van der Waals surface area contributed by atoms with Crippen LogP contribution < -0.4 is 10.6 Å². The lowest BCUT2D eigenvalue weighted by Gasteiger charge is -2.23. The van der Waals surface area contributed by atoms with E-state index in [-0.39, 0.29) is 29.9 Å². The Morgan fingerprint density at radius 3 is 2.86 bits per heavy atom. The third-order valence-electron chi connectivity index (χ3n) is 3.57. The van der Waals surface area contributed by atoms with Crippen LogP contribution in [0.2, 0.25) is 0 Å². The van der Waals surface area contributed by atoms with E-state index in [1.54, 1.807) is 0 Å². The first-order valence-electron chi connectivity index (χ1n) is 7.19. The molecule has 1 heterocycles. The van der Waals surface area contributed by atoms with Crippen LogP contribution in [0.4, 0.5) is 5.69 Å². The molecule has 0 spiro atoms. The number of rotatable bonds is 4. The monoisotopic (exact) mass is 310 g/mol. The van der Waals surface area contributed by atoms with E-state index in [1.165, 1.54) is 0 Å². The smallest absolute Gasteiger partial charge is 0.225 e. The quantitative estimate of drug-likeness (QED) is 0.884. The van der Waals surface area contributed by atoms with Crippen LogP contribution in [0.5, 0.6) is 0 Å². The van der Waals surface area contributed by atoms with E-state index in [9.17, 15) is 13.2 Å². The molecule has 1 atom stereocenters. The summed E-state index contributed by atoms with van der Waals surface area (Å²) in [7, 11) is -3.01. The predicted molar refractivity (Wildman–Crippen MR) is 84.2 cm³/mol. The fourth-order valence-electron chi connectivity index (χ4n) is 2.41. The van der Waals surface area contributed by atoms with Crippen molar-refractivity contribution in [1.82, 2.24) is 5.32 Å². The largest absolute Gasteiger partial charge is 0.326 e. The summed E-state index contributed by atoms with van der Waals surface area (Å²) in [6, 6.07) is 7.43. The highest BCUT2D eigenvalue weighted by Gasteiger charge is 2.25. The van der Waals surface area contributed by atoms with Crippen molar-refractivity contribution < 1.29 is 13.2 Å². The van der Waals surface area contributed by atoms with Crippen molar-refractivity contribution in [3.05, 3.63) is 29.8 Å². The van der Waals surface area contributed by atoms with Crippen LogP contribution in [-0.4, -0.2) is 38.4 Å². The molecule has 1 saturated heterocycles. The molecule has 2 N–H and O–H groups in total. The minimum Gasteiger partial charge on any atom is -0.326 e. The summed E-state index contributed by atoms with van der Waals surface area (Å²) in [5, 5.41) is 5.92. The average Bonchev–Trinajstić information content (AvgIpc) is 2.37. The standard InChI is InChI=1S/C15H22N2O3S/c1-11(2)12-4-3-5-13(8-12)17-15(18)9-14-10-21(19,20)7-6-16-14/h3-5,8,11,14,16H,6-7,9-10H2,1-2H3,(H,17,18). The van der Waals surface area contributed by atoms with Crippen molar-refractivity contribution in [3.8, 4) is 0 Å². The molecule has 5 nitrogen and oxygen atoms in total. The molecule has 1 aromatic rings. The first-order chi connectivity index (χ1) is 9.85. The Bertz CT molecular complexity index is 611. The Labute approximate surface area is 126 Å². The van der Waals surface area contributed by atoms with Gasteiger partial charge in [0.2, 0.25) is 5.91 Å². The molecule has 0 saturated carbocycles. The molecule has 0 radical (unpaired) electrons. The summed E-state index contributed by atoms with van der Waals surface area (Å²) in [5.74, 6) is 0.422. The van der Waals surface area contributed by atoms with Gasteiger partial charge in [-0.2, -0.15) is 0 Å². The average molecular weight is 310 g/mol. The van der Waals surface area contributed by atoms with Crippen LogP contribution in [0.15, 0.2) is 24.3 Å². The van der Waals surface area contributed by atoms with Gasteiger partial charge in [-0.25, -0.2) is 8.42 Å². The number of hydrogen-bond acceptors (Lipinski definition) is 4. The Kier molecular flexibility index (Phi) is 5.00. The van der Waals surface area contributed by atoms with Crippen molar-refractivity contribution in [2.24, 2.45) is 0 Å². The fourth-order valence-corrected chi connectivity index (χ4v) is 3.85. The minimum absolute atomic E-state index is 0.0342. The summed E-state index contributed by atoms with van der Waals surface area (Å²) in [4.78, 5) is 12.0. The van der Waals surface area contributed by atoms with E-state index in [2.05, 4.69) is 24.5 Å². The van der Waals surface area contributed by atoms with Gasteiger partial charge >= 0.3 is 0 Å². The van der Waals surface area contributed by atoms with Crippen LogP contribution >= 0.6 is 0 Å². The zero-order valence-corrected chi connectivity index (χ0v) is 13.2. The first-order valence-corrected chi connectivity index (χ1v) is 9.01. The second-order valence-electron chi connectivity index (χ2n) is 5.80. The number of amides is 1. The van der Waals surface area contributed by atoms with Gasteiger partial charge in [0.05, 0.1) is 11.5 Å². The molecule has 1 aromatic carbocycles. The normalized spacial score (nSPS) is 21.2. The Morgan fingerprint density at radius 2 is 2.19 bits per heavy atom. The SMILES string of the molecule is CC(C)c1cccc(NC(=O)CC2CS(=O)(=O)CCN2)c1. The van der Waals surface area contributed by atoms with E-state index in [0.29, 0.717) is 12.5 Å². The molecule has 116 valence electrons. The van der Waals surface area contributed by atoms with E-state index < -0.39 is 9.84 Å². The van der Waals surface area contributed by atoms with Gasteiger partial charge in [-0.1, -0.05) is 26.0 Å². The van der Waals surface area contributed by atoms with Crippen LogP contribution in [-0.2, 0) is 14.6 Å². The Hall–Kier alpha value is -1.40. The molecule has 21 heavy (non-hydrogen) atoms. The highest BCUT2D eigenvalue weighted by molar-refractivity contribution is 7.91. The summed E-state index contributed by atoms with van der Waals surface area (Å²) >= 11 is 0. The van der Waals surface area contributed by atoms with Crippen LogP contribution in [0.25, 0.3) is 0 Å². The van der Waals surface area contributed by atoms with Gasteiger partial charge in [-0.15, -0.1) is 0 Å². The van der Waals surface area contributed by atoms with E-state index >= 15 is 0 Å². The maximum Gasteiger partial charge on any atom is 0.225 e. The summed E-state index contributed by atoms with van der Waals surface area (Å²) in [5.41, 5.74) is 1.91. The highest BCUT2D eigenvalue weighted by Crippen LogP contribution is 2.18. The number of sulfone groups is 1. The van der Waals surface area contributed by atoms with Crippen molar-refractivity contribution in [2.45, 2.75) is 32.2 Å². The summed E-state index contributed by atoms with van der Waals surface area (Å²) < 4.78 is 23.1. The molecule has 1 fully saturated rings. The molecule has 1 aliphatic rings. The van der Waals surface area contributed by atoms with Gasteiger partial charge < -0.3 is 10.6 Å². The number of hydrogen-bond donors (Lipinski definition) is 2. The number of anilines is 1. The number of carbonyl (C=O) groups is 1. The lowest BCUT2D eigenvalue weighted by atomic mass is 10.0. The predicted octanol–water partition coefficient (Wildman–Crippen LogP) is 1.53. The number of benzene rings is 1. The molecule has 0 bridgehead atoms. The molecule has 0 aliphatic carbocycles. The first kappa shape index (κ1) is 16.0. The molecule has 2 rings (SSSR count). The fraction of sp³-hybridized carbons (Fsp3) is 0.533. The van der Waals surface area contributed by atoms with Crippen LogP contribution in [0.1, 0.15) is 31.7 Å². The number of carbonyl (C=O) groups excluding carboxylic acids is 1. The molecule has 6 heteroatoms. The van der Waals surface area contributed by atoms with Crippen LogP contribution in [0.3, 0.4) is 0 Å². The second kappa shape index (κ2) is 6.58. The molecule has 1 amide bonds. The third-order valence-corrected chi connectivity index (χ3v) is 5.31. The lowest BCUT2D eigenvalue weighted by Crippen LogP contribution is -2.46. The molecular weight excluding hydrogens is 288 g/mol. The van der Waals surface area contributed by atoms with Crippen molar-refractivity contribution in [2.75, 3.05) is 23.4 Å². The van der Waals surface area contributed by atoms with Gasteiger partial charge in [0.1, 0.15) is 0 Å². The van der Waals surface area contributed by atoms with Crippen molar-refractivity contribution in [1.29, 1.82) is 0 Å². The van der Waals surface area contributed by atoms with Crippen molar-refractivity contribution in [3.63, 3.8) is 0 Å². The van der Waals surface area contributed by atoms with Gasteiger partial charge in [-0.3, -0.25) is 4.79 Å². The molecule has 0 aromatic heterocycles. The second-order valence-corrected chi connectivity index (χ2v) is 8.03. The third kappa shape index (κ3) is 4.82. The zero-order valence-electron chi connectivity index (χ0n) is 12.4. The van der Waals surface area contributed by atoms with Gasteiger partial charge in [0, 0.05) is 24.7 Å². The topological polar surface area (TPSA) is 75.3 Å². The summed E-state index contributed by atoms with van der Waals surface area (Å²) in [6.45, 7) is 4.61. The molecule has 1 aliphatic heterocycles. The maximum absolute atomic E-state index is 12.0. The van der Waals surface area contributed by atoms with Gasteiger partial charge in [0.25, 0.3) is 0 Å². The highest BCUT2D eigenvalue weighted by atomic mass is 32.2. The molecular formula is C15H22N2O3S.